The maximum atomic E-state index is 6.14. The van der Waals surface area contributed by atoms with Crippen LogP contribution in [0.2, 0.25) is 0 Å². The largest absolute Gasteiger partial charge is 0.469 e. The highest BCUT2D eigenvalue weighted by Gasteiger charge is 2.11. The SMILES string of the molecule is Cc1ccc(C(N)Cc2ccco2)c(C)n1. The van der Waals surface area contributed by atoms with Crippen LogP contribution >= 0.6 is 0 Å². The maximum Gasteiger partial charge on any atom is 0.105 e. The van der Waals surface area contributed by atoms with Crippen LogP contribution in [0.5, 0.6) is 0 Å². The molecule has 2 heterocycles. The molecule has 0 bridgehead atoms. The molecule has 84 valence electrons. The van der Waals surface area contributed by atoms with E-state index in [-0.39, 0.29) is 6.04 Å². The first kappa shape index (κ1) is 10.9. The van der Waals surface area contributed by atoms with Gasteiger partial charge in [0.15, 0.2) is 0 Å². The Morgan fingerprint density at radius 3 is 2.75 bits per heavy atom. The van der Waals surface area contributed by atoms with Crippen LogP contribution in [0, 0.1) is 13.8 Å². The van der Waals surface area contributed by atoms with Gasteiger partial charge in [-0.15, -0.1) is 0 Å². The van der Waals surface area contributed by atoms with E-state index in [1.807, 2.05) is 38.1 Å². The van der Waals surface area contributed by atoms with Crippen molar-refractivity contribution in [1.29, 1.82) is 0 Å². The van der Waals surface area contributed by atoms with E-state index < -0.39 is 0 Å². The monoisotopic (exact) mass is 216 g/mol. The van der Waals surface area contributed by atoms with Crippen molar-refractivity contribution in [2.75, 3.05) is 0 Å². The number of hydrogen-bond acceptors (Lipinski definition) is 3. The van der Waals surface area contributed by atoms with Gasteiger partial charge in [-0.3, -0.25) is 4.98 Å². The van der Waals surface area contributed by atoms with Crippen molar-refractivity contribution in [3.05, 3.63) is 53.2 Å². The van der Waals surface area contributed by atoms with E-state index in [4.69, 9.17) is 10.2 Å². The molecule has 0 aromatic carbocycles. The third-order valence-electron chi connectivity index (χ3n) is 2.67. The summed E-state index contributed by atoms with van der Waals surface area (Å²) in [5.74, 6) is 0.910. The molecule has 0 spiro atoms. The second-order valence-corrected chi connectivity index (χ2v) is 4.02. The van der Waals surface area contributed by atoms with E-state index >= 15 is 0 Å². The summed E-state index contributed by atoms with van der Waals surface area (Å²) >= 11 is 0. The van der Waals surface area contributed by atoms with Crippen molar-refractivity contribution in [3.63, 3.8) is 0 Å². The van der Waals surface area contributed by atoms with Crippen LogP contribution in [0.15, 0.2) is 34.9 Å². The van der Waals surface area contributed by atoms with E-state index in [1.54, 1.807) is 6.26 Å². The number of furan rings is 1. The van der Waals surface area contributed by atoms with Crippen molar-refractivity contribution < 1.29 is 4.42 Å². The molecule has 3 nitrogen and oxygen atoms in total. The Morgan fingerprint density at radius 2 is 2.12 bits per heavy atom. The van der Waals surface area contributed by atoms with Gasteiger partial charge in [0, 0.05) is 23.9 Å². The highest BCUT2D eigenvalue weighted by Crippen LogP contribution is 2.19. The molecule has 0 saturated heterocycles. The van der Waals surface area contributed by atoms with Crippen molar-refractivity contribution >= 4 is 0 Å². The zero-order valence-electron chi connectivity index (χ0n) is 9.60. The minimum absolute atomic E-state index is 0.0563. The van der Waals surface area contributed by atoms with E-state index in [0.29, 0.717) is 6.42 Å². The van der Waals surface area contributed by atoms with Gasteiger partial charge in [-0.25, -0.2) is 0 Å². The van der Waals surface area contributed by atoms with Crippen molar-refractivity contribution in [2.45, 2.75) is 26.3 Å². The second kappa shape index (κ2) is 4.49. The Balaban J connectivity index is 2.17. The molecule has 0 amide bonds. The molecular formula is C13H16N2O. The fourth-order valence-electron chi connectivity index (χ4n) is 1.84. The van der Waals surface area contributed by atoms with Gasteiger partial charge in [0.25, 0.3) is 0 Å². The van der Waals surface area contributed by atoms with E-state index in [2.05, 4.69) is 4.98 Å². The van der Waals surface area contributed by atoms with Gasteiger partial charge in [-0.05, 0) is 37.6 Å². The fraction of sp³-hybridized carbons (Fsp3) is 0.308. The zero-order chi connectivity index (χ0) is 11.5. The van der Waals surface area contributed by atoms with Gasteiger partial charge >= 0.3 is 0 Å². The molecule has 3 heteroatoms. The third-order valence-corrected chi connectivity index (χ3v) is 2.67. The summed E-state index contributed by atoms with van der Waals surface area (Å²) in [5.41, 5.74) is 9.24. The number of pyridine rings is 1. The summed E-state index contributed by atoms with van der Waals surface area (Å²) in [7, 11) is 0. The number of aryl methyl sites for hydroxylation is 2. The van der Waals surface area contributed by atoms with Gasteiger partial charge < -0.3 is 10.2 Å². The van der Waals surface area contributed by atoms with Gasteiger partial charge in [0.1, 0.15) is 5.76 Å². The topological polar surface area (TPSA) is 52.0 Å². The van der Waals surface area contributed by atoms with Crippen LogP contribution in [0.4, 0.5) is 0 Å². The number of nitrogens with zero attached hydrogens (tertiary/aromatic N) is 1. The van der Waals surface area contributed by atoms with Crippen molar-refractivity contribution in [3.8, 4) is 0 Å². The number of hydrogen-bond donors (Lipinski definition) is 1. The lowest BCUT2D eigenvalue weighted by atomic mass is 10.0. The van der Waals surface area contributed by atoms with Crippen LogP contribution < -0.4 is 5.73 Å². The number of nitrogens with two attached hydrogens (primary N) is 1. The van der Waals surface area contributed by atoms with Gasteiger partial charge in [-0.1, -0.05) is 6.07 Å². The number of rotatable bonds is 3. The molecule has 1 unspecified atom stereocenters. The highest BCUT2D eigenvalue weighted by atomic mass is 16.3. The molecule has 0 saturated carbocycles. The average molecular weight is 216 g/mol. The van der Waals surface area contributed by atoms with Gasteiger partial charge in [-0.2, -0.15) is 0 Å². The Kier molecular flexibility index (Phi) is 3.06. The predicted molar refractivity (Wildman–Crippen MR) is 63.1 cm³/mol. The standard InChI is InChI=1S/C13H16N2O/c1-9-5-6-12(10(2)15-9)13(14)8-11-4-3-7-16-11/h3-7,13H,8,14H2,1-2H3. The fourth-order valence-corrected chi connectivity index (χ4v) is 1.84. The summed E-state index contributed by atoms with van der Waals surface area (Å²) in [5, 5.41) is 0. The lowest BCUT2D eigenvalue weighted by molar-refractivity contribution is 0.488. The van der Waals surface area contributed by atoms with Crippen LogP contribution in [-0.2, 0) is 6.42 Å². The van der Waals surface area contributed by atoms with Crippen molar-refractivity contribution in [1.82, 2.24) is 4.98 Å². The molecule has 0 fully saturated rings. The molecule has 0 aliphatic heterocycles. The first-order valence-electron chi connectivity index (χ1n) is 5.39. The first-order valence-corrected chi connectivity index (χ1v) is 5.39. The minimum atomic E-state index is -0.0563. The Labute approximate surface area is 95.3 Å². The van der Waals surface area contributed by atoms with E-state index in [1.165, 1.54) is 0 Å². The second-order valence-electron chi connectivity index (χ2n) is 4.02. The first-order chi connectivity index (χ1) is 7.66. The Morgan fingerprint density at radius 1 is 1.31 bits per heavy atom. The summed E-state index contributed by atoms with van der Waals surface area (Å²) in [4.78, 5) is 4.41. The minimum Gasteiger partial charge on any atom is -0.469 e. The van der Waals surface area contributed by atoms with Crippen LogP contribution in [0.1, 0.15) is 28.8 Å². The van der Waals surface area contributed by atoms with Gasteiger partial charge in [0.2, 0.25) is 0 Å². The molecule has 2 N–H and O–H groups in total. The quantitative estimate of drug-likeness (QED) is 0.857. The summed E-state index contributed by atoms with van der Waals surface area (Å²) in [6.45, 7) is 3.97. The van der Waals surface area contributed by atoms with Crippen LogP contribution in [-0.4, -0.2) is 4.98 Å². The van der Waals surface area contributed by atoms with Crippen molar-refractivity contribution in [2.24, 2.45) is 5.73 Å². The Hall–Kier alpha value is -1.61. The molecule has 0 radical (unpaired) electrons. The lowest BCUT2D eigenvalue weighted by Crippen LogP contribution is -2.15. The molecule has 0 aliphatic carbocycles. The summed E-state index contributed by atoms with van der Waals surface area (Å²) in [6.07, 6.45) is 2.38. The highest BCUT2D eigenvalue weighted by molar-refractivity contribution is 5.25. The molecule has 1 atom stereocenters. The smallest absolute Gasteiger partial charge is 0.105 e. The normalized spacial score (nSPS) is 12.7. The Bertz CT molecular complexity index is 463. The predicted octanol–water partition coefficient (Wildman–Crippen LogP) is 2.53. The van der Waals surface area contributed by atoms with Crippen LogP contribution in [0.25, 0.3) is 0 Å². The van der Waals surface area contributed by atoms with Crippen LogP contribution in [0.3, 0.4) is 0 Å². The van der Waals surface area contributed by atoms with E-state index in [0.717, 1.165) is 22.7 Å². The molecule has 0 aliphatic rings. The molecule has 2 aromatic heterocycles. The van der Waals surface area contributed by atoms with E-state index in [9.17, 15) is 0 Å². The third kappa shape index (κ3) is 2.31. The lowest BCUT2D eigenvalue weighted by Gasteiger charge is -2.13. The summed E-state index contributed by atoms with van der Waals surface area (Å²) in [6, 6.07) is 7.80. The molecular weight excluding hydrogens is 200 g/mol. The maximum absolute atomic E-state index is 6.14. The average Bonchev–Trinajstić information content (AvgIpc) is 2.70. The van der Waals surface area contributed by atoms with Gasteiger partial charge in [0.05, 0.1) is 6.26 Å². The number of aromatic nitrogens is 1. The molecule has 16 heavy (non-hydrogen) atoms. The summed E-state index contributed by atoms with van der Waals surface area (Å²) < 4.78 is 5.29. The zero-order valence-corrected chi connectivity index (χ0v) is 9.60. The molecule has 2 aromatic rings. The molecule has 2 rings (SSSR count).